The monoisotopic (exact) mass is 164 g/mol. The van der Waals surface area contributed by atoms with E-state index in [-0.39, 0.29) is 5.56 Å². The van der Waals surface area contributed by atoms with Crippen molar-refractivity contribution < 1.29 is 9.90 Å². The van der Waals surface area contributed by atoms with Gasteiger partial charge in [0.1, 0.15) is 6.54 Å². The highest BCUT2D eigenvalue weighted by molar-refractivity contribution is 5.86. The van der Waals surface area contributed by atoms with Gasteiger partial charge in [-0.1, -0.05) is 5.92 Å². The predicted octanol–water partition coefficient (Wildman–Crippen LogP) is 0.605. The van der Waals surface area contributed by atoms with Crippen LogP contribution in [-0.4, -0.2) is 20.9 Å². The maximum atomic E-state index is 10.4. The van der Waals surface area contributed by atoms with E-state index in [2.05, 4.69) is 16.9 Å². The Kier molecular flexibility index (Phi) is 2.49. The standard InChI is InChI=1S/C8H8N2O2/c1-2-3-4-10-6-7(5-9-10)8(11)12/h5-6H,4H2,1H3,(H,11,12). The fraction of sp³-hybridized carbons (Fsp3) is 0.250. The van der Waals surface area contributed by atoms with E-state index < -0.39 is 5.97 Å². The second-order valence-corrected chi connectivity index (χ2v) is 2.16. The summed E-state index contributed by atoms with van der Waals surface area (Å²) in [7, 11) is 0. The van der Waals surface area contributed by atoms with E-state index in [9.17, 15) is 4.79 Å². The van der Waals surface area contributed by atoms with Crippen LogP contribution >= 0.6 is 0 Å². The number of carboxylic acid groups (broad SMARTS) is 1. The number of hydrogen-bond acceptors (Lipinski definition) is 2. The molecule has 0 aliphatic heterocycles. The molecule has 0 bridgehead atoms. The van der Waals surface area contributed by atoms with E-state index in [0.29, 0.717) is 6.54 Å². The Morgan fingerprint density at radius 2 is 2.58 bits per heavy atom. The number of carboxylic acids is 1. The molecule has 1 aromatic heterocycles. The van der Waals surface area contributed by atoms with Gasteiger partial charge in [-0.15, -0.1) is 5.92 Å². The van der Waals surface area contributed by atoms with Crippen LogP contribution in [-0.2, 0) is 6.54 Å². The molecule has 0 radical (unpaired) electrons. The van der Waals surface area contributed by atoms with Crippen LogP contribution in [0.15, 0.2) is 12.4 Å². The molecule has 0 saturated heterocycles. The fourth-order valence-electron chi connectivity index (χ4n) is 0.721. The highest BCUT2D eigenvalue weighted by Gasteiger charge is 2.03. The number of aromatic nitrogens is 2. The second-order valence-electron chi connectivity index (χ2n) is 2.16. The van der Waals surface area contributed by atoms with Gasteiger partial charge in [-0.05, 0) is 6.92 Å². The zero-order valence-corrected chi connectivity index (χ0v) is 6.61. The molecule has 4 heteroatoms. The third kappa shape index (κ3) is 1.86. The summed E-state index contributed by atoms with van der Waals surface area (Å²) in [5, 5.41) is 12.3. The zero-order valence-electron chi connectivity index (χ0n) is 6.61. The Bertz CT molecular complexity index is 343. The third-order valence-corrected chi connectivity index (χ3v) is 1.30. The summed E-state index contributed by atoms with van der Waals surface area (Å²) >= 11 is 0. The average Bonchev–Trinajstić information content (AvgIpc) is 2.48. The first-order valence-electron chi connectivity index (χ1n) is 3.39. The highest BCUT2D eigenvalue weighted by atomic mass is 16.4. The molecule has 4 nitrogen and oxygen atoms in total. The minimum atomic E-state index is -0.967. The lowest BCUT2D eigenvalue weighted by Crippen LogP contribution is -1.96. The quantitative estimate of drug-likeness (QED) is 0.651. The lowest BCUT2D eigenvalue weighted by molar-refractivity contribution is 0.0697. The number of nitrogens with zero attached hydrogens (tertiary/aromatic N) is 2. The molecule has 1 N–H and O–H groups in total. The Balaban J connectivity index is 2.75. The Labute approximate surface area is 69.8 Å². The Morgan fingerprint density at radius 1 is 1.83 bits per heavy atom. The molecule has 1 rings (SSSR count). The van der Waals surface area contributed by atoms with Crippen LogP contribution in [0.5, 0.6) is 0 Å². The van der Waals surface area contributed by atoms with E-state index in [1.54, 1.807) is 6.92 Å². The fourth-order valence-corrected chi connectivity index (χ4v) is 0.721. The Morgan fingerprint density at radius 3 is 3.08 bits per heavy atom. The highest BCUT2D eigenvalue weighted by Crippen LogP contribution is 1.96. The summed E-state index contributed by atoms with van der Waals surface area (Å²) in [4.78, 5) is 10.4. The molecular weight excluding hydrogens is 156 g/mol. The molecule has 0 saturated carbocycles. The van der Waals surface area contributed by atoms with E-state index >= 15 is 0 Å². The first kappa shape index (κ1) is 8.34. The van der Waals surface area contributed by atoms with Gasteiger partial charge in [-0.3, -0.25) is 4.68 Å². The minimum Gasteiger partial charge on any atom is -0.478 e. The van der Waals surface area contributed by atoms with E-state index in [4.69, 9.17) is 5.11 Å². The summed E-state index contributed by atoms with van der Waals surface area (Å²) in [6.45, 7) is 2.16. The normalized spacial score (nSPS) is 8.75. The zero-order chi connectivity index (χ0) is 8.97. The van der Waals surface area contributed by atoms with Crippen molar-refractivity contribution in [2.24, 2.45) is 0 Å². The summed E-state index contributed by atoms with van der Waals surface area (Å²) in [5.41, 5.74) is 0.188. The van der Waals surface area contributed by atoms with Gasteiger partial charge in [0.2, 0.25) is 0 Å². The molecule has 1 aromatic rings. The molecule has 1 heterocycles. The van der Waals surface area contributed by atoms with Crippen molar-refractivity contribution in [3.8, 4) is 11.8 Å². The molecule has 0 spiro atoms. The molecule has 0 aliphatic rings. The molecule has 62 valence electrons. The SMILES string of the molecule is CC#CCn1cc(C(=O)O)cn1. The molecule has 12 heavy (non-hydrogen) atoms. The van der Waals surface area contributed by atoms with Crippen molar-refractivity contribution in [3.05, 3.63) is 18.0 Å². The van der Waals surface area contributed by atoms with Crippen molar-refractivity contribution in [2.45, 2.75) is 13.5 Å². The maximum absolute atomic E-state index is 10.4. The smallest absolute Gasteiger partial charge is 0.338 e. The van der Waals surface area contributed by atoms with Crippen LogP contribution in [0.4, 0.5) is 0 Å². The number of rotatable bonds is 2. The van der Waals surface area contributed by atoms with Gasteiger partial charge in [-0.2, -0.15) is 5.10 Å². The second kappa shape index (κ2) is 3.58. The summed E-state index contributed by atoms with van der Waals surface area (Å²) in [6.07, 6.45) is 2.76. The first-order valence-corrected chi connectivity index (χ1v) is 3.39. The first-order chi connectivity index (χ1) is 5.74. The molecule has 0 amide bonds. The van der Waals surface area contributed by atoms with Crippen LogP contribution < -0.4 is 0 Å². The van der Waals surface area contributed by atoms with E-state index in [1.165, 1.54) is 17.1 Å². The molecular formula is C8H8N2O2. The van der Waals surface area contributed by atoms with Crippen LogP contribution in [0.1, 0.15) is 17.3 Å². The molecule has 0 fully saturated rings. The van der Waals surface area contributed by atoms with Gasteiger partial charge >= 0.3 is 5.97 Å². The minimum absolute atomic E-state index is 0.188. The summed E-state index contributed by atoms with van der Waals surface area (Å²) in [6, 6.07) is 0. The molecule has 0 unspecified atom stereocenters. The number of aromatic carboxylic acids is 1. The van der Waals surface area contributed by atoms with Crippen molar-refractivity contribution in [2.75, 3.05) is 0 Å². The molecule has 0 aromatic carbocycles. The van der Waals surface area contributed by atoms with Crippen molar-refractivity contribution >= 4 is 5.97 Å². The Hall–Kier alpha value is -1.76. The van der Waals surface area contributed by atoms with Crippen LogP contribution in [0.25, 0.3) is 0 Å². The lowest BCUT2D eigenvalue weighted by atomic mass is 10.4. The third-order valence-electron chi connectivity index (χ3n) is 1.30. The van der Waals surface area contributed by atoms with Crippen molar-refractivity contribution in [3.63, 3.8) is 0 Å². The topological polar surface area (TPSA) is 55.1 Å². The summed E-state index contributed by atoms with van der Waals surface area (Å²) < 4.78 is 1.49. The predicted molar refractivity (Wildman–Crippen MR) is 42.6 cm³/mol. The van der Waals surface area contributed by atoms with Crippen LogP contribution in [0.3, 0.4) is 0 Å². The van der Waals surface area contributed by atoms with Crippen LogP contribution in [0.2, 0.25) is 0 Å². The van der Waals surface area contributed by atoms with Gasteiger partial charge in [0.15, 0.2) is 0 Å². The van der Waals surface area contributed by atoms with Crippen molar-refractivity contribution in [1.29, 1.82) is 0 Å². The molecule has 0 atom stereocenters. The maximum Gasteiger partial charge on any atom is 0.338 e. The van der Waals surface area contributed by atoms with Gasteiger partial charge < -0.3 is 5.11 Å². The number of carbonyl (C=O) groups is 1. The van der Waals surface area contributed by atoms with Gasteiger partial charge in [0, 0.05) is 6.20 Å². The summed E-state index contributed by atoms with van der Waals surface area (Å²) in [5.74, 6) is 4.50. The van der Waals surface area contributed by atoms with Crippen molar-refractivity contribution in [1.82, 2.24) is 9.78 Å². The van der Waals surface area contributed by atoms with E-state index in [0.717, 1.165) is 0 Å². The largest absolute Gasteiger partial charge is 0.478 e. The number of hydrogen-bond donors (Lipinski definition) is 1. The van der Waals surface area contributed by atoms with Gasteiger partial charge in [-0.25, -0.2) is 4.79 Å². The van der Waals surface area contributed by atoms with E-state index in [1.807, 2.05) is 0 Å². The average molecular weight is 164 g/mol. The van der Waals surface area contributed by atoms with Gasteiger partial charge in [0.05, 0.1) is 11.8 Å². The lowest BCUT2D eigenvalue weighted by Gasteiger charge is -1.89. The van der Waals surface area contributed by atoms with Gasteiger partial charge in [0.25, 0.3) is 0 Å². The molecule has 0 aliphatic carbocycles. The van der Waals surface area contributed by atoms with Crippen LogP contribution in [0, 0.1) is 11.8 Å².